The van der Waals surface area contributed by atoms with Crippen LogP contribution >= 0.6 is 16.7 Å². The Hall–Kier alpha value is 0.460. The standard InChI is InChI=1S/FH2OP2/c1-4(2)3/h3H2/q+1. The highest BCUT2D eigenvalue weighted by Crippen LogP contribution is 2.30. The summed E-state index contributed by atoms with van der Waals surface area (Å²) in [6, 6.07) is 0. The Morgan fingerprint density at radius 2 is 2.00 bits per heavy atom. The van der Waals surface area contributed by atoms with Gasteiger partial charge in [0, 0.05) is 0 Å². The van der Waals surface area contributed by atoms with Crippen LogP contribution in [0.25, 0.3) is 0 Å². The molecule has 0 aliphatic heterocycles. The molecule has 0 aliphatic rings. The van der Waals surface area contributed by atoms with Crippen molar-refractivity contribution in [2.75, 3.05) is 0 Å². The molecule has 4 heavy (non-hydrogen) atoms. The van der Waals surface area contributed by atoms with Crippen LogP contribution in [0.5, 0.6) is 0 Å². The molecule has 0 heterocycles. The fourth-order valence-electron chi connectivity index (χ4n) is 0. The second kappa shape index (κ2) is 1.75. The van der Waals surface area contributed by atoms with Gasteiger partial charge in [0.15, 0.2) is 8.93 Å². The minimum atomic E-state index is -2.45. The van der Waals surface area contributed by atoms with E-state index in [0.29, 0.717) is 0 Å². The highest BCUT2D eigenvalue weighted by Gasteiger charge is 1.93. The molecule has 0 aromatic heterocycles. The van der Waals surface area contributed by atoms with E-state index in [0.717, 1.165) is 0 Å². The zero-order chi connectivity index (χ0) is 3.58. The summed E-state index contributed by atoms with van der Waals surface area (Å²) in [5.74, 6) is 0. The van der Waals surface area contributed by atoms with E-state index in [-0.39, 0.29) is 0 Å². The van der Waals surface area contributed by atoms with E-state index in [2.05, 4.69) is 0 Å². The molecule has 0 aromatic carbocycles. The monoisotopic (exact) mass is 99.0 g/mol. The Morgan fingerprint density at radius 1 is 2.00 bits per heavy atom. The summed E-state index contributed by atoms with van der Waals surface area (Å²) in [5.41, 5.74) is 0. The Kier molecular flexibility index (Phi) is 1.95. The van der Waals surface area contributed by atoms with Gasteiger partial charge in [0.1, 0.15) is 0 Å². The Labute approximate surface area is 26.6 Å². The molecule has 0 spiro atoms. The predicted molar refractivity (Wildman–Crippen MR) is 18.4 cm³/mol. The lowest BCUT2D eigenvalue weighted by Crippen LogP contribution is -0.978. The maximum absolute atomic E-state index is 10.5. The minimum absolute atomic E-state index is 1.50. The molecule has 0 saturated carbocycles. The molecule has 2 atom stereocenters. The molecule has 1 nitrogen and oxygen atoms in total. The molecular formula is H2FOP2+. The van der Waals surface area contributed by atoms with Gasteiger partial charge in [0.25, 0.3) is 0 Å². The molecule has 0 fully saturated rings. The van der Waals surface area contributed by atoms with Crippen molar-refractivity contribution >= 4 is 16.7 Å². The van der Waals surface area contributed by atoms with E-state index in [1.807, 2.05) is 0 Å². The van der Waals surface area contributed by atoms with Crippen LogP contribution in [0, 0.1) is 0 Å². The lowest BCUT2D eigenvalue weighted by molar-refractivity contribution is 0.572. The maximum atomic E-state index is 10.5. The van der Waals surface area contributed by atoms with E-state index in [4.69, 9.17) is 4.57 Å². The molecule has 4 heteroatoms. The first kappa shape index (κ1) is 4.46. The van der Waals surface area contributed by atoms with E-state index in [1.165, 1.54) is 8.93 Å². The molecule has 0 N–H and O–H groups in total. The van der Waals surface area contributed by atoms with Crippen LogP contribution in [-0.4, -0.2) is 0 Å². The predicted octanol–water partition coefficient (Wildman–Crippen LogP) is 1.49. The van der Waals surface area contributed by atoms with Crippen molar-refractivity contribution in [3.8, 4) is 0 Å². The molecule has 0 saturated heterocycles. The zero-order valence-corrected chi connectivity index (χ0v) is 3.86. The quantitative estimate of drug-likeness (QED) is 0.420. The summed E-state index contributed by atoms with van der Waals surface area (Å²) in [5, 5.41) is 0. The highest BCUT2D eigenvalue weighted by molar-refractivity contribution is 8.03. The Bertz CT molecular complexity index is 29.0. The molecular weight excluding hydrogens is 96.9 g/mol. The van der Waals surface area contributed by atoms with Crippen molar-refractivity contribution in [3.05, 3.63) is 0 Å². The van der Waals surface area contributed by atoms with Crippen molar-refractivity contribution in [2.24, 2.45) is 0 Å². The molecule has 0 amide bonds. The summed E-state index contributed by atoms with van der Waals surface area (Å²) in [6.07, 6.45) is 0. The van der Waals surface area contributed by atoms with Gasteiger partial charge in [-0.25, -0.2) is 0 Å². The van der Waals surface area contributed by atoms with Crippen molar-refractivity contribution in [1.29, 1.82) is 0 Å². The van der Waals surface area contributed by atoms with Crippen LogP contribution in [-0.2, 0) is 4.57 Å². The molecule has 0 bridgehead atoms. The second-order valence-electron chi connectivity index (χ2n) is 0.272. The molecule has 24 valence electrons. The maximum Gasteiger partial charge on any atom is 0.566 e. The van der Waals surface area contributed by atoms with Gasteiger partial charge in [-0.2, -0.15) is 0 Å². The van der Waals surface area contributed by atoms with E-state index < -0.39 is 7.80 Å². The third-order valence-corrected chi connectivity index (χ3v) is 0. The van der Waals surface area contributed by atoms with Gasteiger partial charge in [-0.05, 0) is 4.57 Å². The first-order chi connectivity index (χ1) is 1.73. The molecule has 0 radical (unpaired) electrons. The van der Waals surface area contributed by atoms with Crippen LogP contribution in [0.2, 0.25) is 0 Å². The first-order valence-electron chi connectivity index (χ1n) is 0.610. The van der Waals surface area contributed by atoms with Crippen LogP contribution in [0.1, 0.15) is 0 Å². The fourth-order valence-corrected chi connectivity index (χ4v) is 0. The number of halogens is 1. The molecule has 2 unspecified atom stereocenters. The van der Waals surface area contributed by atoms with E-state index in [1.54, 1.807) is 0 Å². The van der Waals surface area contributed by atoms with Crippen LogP contribution in [0.3, 0.4) is 0 Å². The number of hydrogen-bond acceptors (Lipinski definition) is 1. The first-order valence-corrected chi connectivity index (χ1v) is 3.38. The minimum Gasteiger partial charge on any atom is -0.0267 e. The van der Waals surface area contributed by atoms with E-state index >= 15 is 0 Å². The topological polar surface area (TPSA) is 17.1 Å². The number of hydrogen-bond donors (Lipinski definition) is 0. The smallest absolute Gasteiger partial charge is 0.0267 e. The summed E-state index contributed by atoms with van der Waals surface area (Å²) in [6.45, 7) is 0. The summed E-state index contributed by atoms with van der Waals surface area (Å²) >= 11 is 0. The van der Waals surface area contributed by atoms with Gasteiger partial charge in [0.05, 0.1) is 4.20 Å². The molecule has 0 aromatic rings. The van der Waals surface area contributed by atoms with Crippen LogP contribution in [0.15, 0.2) is 0 Å². The van der Waals surface area contributed by atoms with Gasteiger partial charge < -0.3 is 0 Å². The SMILES string of the molecule is O=[P+](F)P. The fraction of sp³-hybridized carbons (Fsp3) is 0. The Balaban J connectivity index is 2.80. The lowest BCUT2D eigenvalue weighted by Gasteiger charge is -1.27. The van der Waals surface area contributed by atoms with Crippen molar-refractivity contribution in [1.82, 2.24) is 0 Å². The van der Waals surface area contributed by atoms with Gasteiger partial charge in [-0.15, -0.1) is 0 Å². The summed E-state index contributed by atoms with van der Waals surface area (Å²) < 4.78 is 19.4. The van der Waals surface area contributed by atoms with Gasteiger partial charge in [0.2, 0.25) is 0 Å². The lowest BCUT2D eigenvalue weighted by atomic mass is 16.0. The Morgan fingerprint density at radius 3 is 2.00 bits per heavy atom. The van der Waals surface area contributed by atoms with Crippen molar-refractivity contribution in [2.45, 2.75) is 0 Å². The average Bonchev–Trinajstić information content (AvgIpc) is 0.811. The zero-order valence-electron chi connectivity index (χ0n) is 1.81. The van der Waals surface area contributed by atoms with Gasteiger partial charge >= 0.3 is 7.80 Å². The largest absolute Gasteiger partial charge is 0.566 e. The van der Waals surface area contributed by atoms with Crippen LogP contribution in [0.4, 0.5) is 4.20 Å². The summed E-state index contributed by atoms with van der Waals surface area (Å²) in [4.78, 5) is 0. The normalized spacial score (nSPS) is 11.0. The third-order valence-electron chi connectivity index (χ3n) is 0. The van der Waals surface area contributed by atoms with Crippen molar-refractivity contribution < 1.29 is 8.76 Å². The van der Waals surface area contributed by atoms with Crippen molar-refractivity contribution in [3.63, 3.8) is 0 Å². The molecule has 0 aliphatic carbocycles. The van der Waals surface area contributed by atoms with Crippen LogP contribution < -0.4 is 0 Å². The van der Waals surface area contributed by atoms with E-state index in [9.17, 15) is 4.20 Å². The highest BCUT2D eigenvalue weighted by atomic mass is 32.0. The third kappa shape index (κ3) is 24.8. The van der Waals surface area contributed by atoms with Gasteiger partial charge in [-0.3, -0.25) is 0 Å². The number of rotatable bonds is 0. The summed E-state index contributed by atoms with van der Waals surface area (Å²) in [7, 11) is -0.954. The molecule has 0 rings (SSSR count). The van der Waals surface area contributed by atoms with Gasteiger partial charge in [-0.1, -0.05) is 0 Å². The second-order valence-corrected chi connectivity index (χ2v) is 2.03. The average molecular weight is 99.0 g/mol.